The Bertz CT molecular complexity index is 821. The molecule has 0 radical (unpaired) electrons. The molecule has 2 aromatic carbocycles. The molecule has 5 heteroatoms. The molecule has 0 fully saturated rings. The number of halogens is 2. The number of benzene rings is 2. The summed E-state index contributed by atoms with van der Waals surface area (Å²) in [5, 5.41) is 11.6. The Kier molecular flexibility index (Phi) is 5.49. The molecule has 4 rings (SSSR count). The summed E-state index contributed by atoms with van der Waals surface area (Å²) < 4.78 is 15.5. The molecule has 138 valence electrons. The molecule has 1 N–H and O–H groups in total. The second-order valence-corrected chi connectivity index (χ2v) is 7.13. The van der Waals surface area contributed by atoms with E-state index in [1.54, 1.807) is 12.1 Å². The van der Waals surface area contributed by atoms with Crippen LogP contribution >= 0.6 is 0 Å². The minimum absolute atomic E-state index is 0. The predicted molar refractivity (Wildman–Crippen MR) is 97.4 cm³/mol. The fourth-order valence-electron chi connectivity index (χ4n) is 4.07. The molecular formula is C21H24BrFN2O. The smallest absolute Gasteiger partial charge is 0.271 e. The average Bonchev–Trinajstić information content (AvgIpc) is 2.76. The van der Waals surface area contributed by atoms with Crippen molar-refractivity contribution in [2.45, 2.75) is 38.3 Å². The lowest BCUT2D eigenvalue weighted by atomic mass is 10.0. The minimum atomic E-state index is -1.11. The highest BCUT2D eigenvalue weighted by Crippen LogP contribution is 2.35. The van der Waals surface area contributed by atoms with Gasteiger partial charge in [0, 0.05) is 12.0 Å². The summed E-state index contributed by atoms with van der Waals surface area (Å²) in [6, 6.07) is 14.7. The maximum absolute atomic E-state index is 13.4. The van der Waals surface area contributed by atoms with Gasteiger partial charge in [-0.2, -0.15) is 0 Å². The Morgan fingerprint density at radius 1 is 1.08 bits per heavy atom. The van der Waals surface area contributed by atoms with Crippen LogP contribution in [0.3, 0.4) is 0 Å². The van der Waals surface area contributed by atoms with E-state index in [9.17, 15) is 9.50 Å². The predicted octanol–water partition coefficient (Wildman–Crippen LogP) is 0.788. The second kappa shape index (κ2) is 7.49. The quantitative estimate of drug-likeness (QED) is 0.729. The third-order valence-corrected chi connectivity index (χ3v) is 5.35. The molecule has 0 saturated carbocycles. The number of anilines is 1. The summed E-state index contributed by atoms with van der Waals surface area (Å²) in [5.74, 6) is 0.899. The summed E-state index contributed by atoms with van der Waals surface area (Å²) in [7, 11) is 0. The zero-order chi connectivity index (χ0) is 17.4. The minimum Gasteiger partial charge on any atom is -1.00 e. The first-order chi connectivity index (χ1) is 12.1. The van der Waals surface area contributed by atoms with E-state index < -0.39 is 5.72 Å². The first kappa shape index (κ1) is 19.1. The summed E-state index contributed by atoms with van der Waals surface area (Å²) in [6.07, 6.45) is 4.32. The monoisotopic (exact) mass is 418 g/mol. The van der Waals surface area contributed by atoms with Crippen LogP contribution in [-0.2, 0) is 5.72 Å². The number of amidine groups is 1. The number of β-amino-alcohol motifs (C(OH)–C–C–N with tert-alkyl or cyclic N) is 1. The fourth-order valence-corrected chi connectivity index (χ4v) is 4.07. The molecular weight excluding hydrogens is 395 g/mol. The van der Waals surface area contributed by atoms with Crippen LogP contribution in [0.5, 0.6) is 0 Å². The number of hydrogen-bond donors (Lipinski definition) is 1. The van der Waals surface area contributed by atoms with E-state index in [0.29, 0.717) is 6.54 Å². The molecule has 3 nitrogen and oxygen atoms in total. The second-order valence-electron chi connectivity index (χ2n) is 7.13. The third-order valence-electron chi connectivity index (χ3n) is 5.35. The fraction of sp³-hybridized carbons (Fsp3) is 0.381. The van der Waals surface area contributed by atoms with E-state index in [2.05, 4.69) is 40.7 Å². The van der Waals surface area contributed by atoms with Crippen LogP contribution < -0.4 is 21.9 Å². The van der Waals surface area contributed by atoms with Gasteiger partial charge in [0.1, 0.15) is 11.5 Å². The van der Waals surface area contributed by atoms with Crippen molar-refractivity contribution in [1.82, 2.24) is 0 Å². The van der Waals surface area contributed by atoms with E-state index in [0.717, 1.165) is 37.1 Å². The molecule has 0 amide bonds. The van der Waals surface area contributed by atoms with Crippen LogP contribution in [-0.4, -0.2) is 28.6 Å². The Morgan fingerprint density at radius 3 is 2.58 bits per heavy atom. The van der Waals surface area contributed by atoms with Crippen LogP contribution in [0.2, 0.25) is 0 Å². The van der Waals surface area contributed by atoms with Gasteiger partial charge in [-0.05, 0) is 68.1 Å². The van der Waals surface area contributed by atoms with Crippen molar-refractivity contribution in [3.05, 3.63) is 65.5 Å². The summed E-state index contributed by atoms with van der Waals surface area (Å²) >= 11 is 0. The molecule has 1 unspecified atom stereocenters. The van der Waals surface area contributed by atoms with Crippen molar-refractivity contribution >= 4 is 11.5 Å². The van der Waals surface area contributed by atoms with E-state index in [-0.39, 0.29) is 22.8 Å². The van der Waals surface area contributed by atoms with Gasteiger partial charge in [-0.1, -0.05) is 12.1 Å². The Labute approximate surface area is 164 Å². The topological polar surface area (TPSA) is 26.5 Å². The average molecular weight is 419 g/mol. The molecule has 0 spiro atoms. The lowest BCUT2D eigenvalue weighted by molar-refractivity contribution is -0.658. The van der Waals surface area contributed by atoms with Crippen LogP contribution in [0.1, 0.15) is 36.8 Å². The van der Waals surface area contributed by atoms with E-state index in [4.69, 9.17) is 0 Å². The van der Waals surface area contributed by atoms with Crippen molar-refractivity contribution in [2.75, 3.05) is 18.0 Å². The molecule has 26 heavy (non-hydrogen) atoms. The number of aliphatic hydroxyl groups is 1. The van der Waals surface area contributed by atoms with Crippen molar-refractivity contribution < 1.29 is 31.1 Å². The normalized spacial score (nSPS) is 22.7. The molecule has 0 aliphatic carbocycles. The lowest BCUT2D eigenvalue weighted by Crippen LogP contribution is -3.00. The zero-order valence-corrected chi connectivity index (χ0v) is 16.5. The molecule has 2 heterocycles. The first-order valence-corrected chi connectivity index (χ1v) is 9.04. The van der Waals surface area contributed by atoms with Gasteiger partial charge in [0.15, 0.2) is 6.54 Å². The van der Waals surface area contributed by atoms with Gasteiger partial charge >= 0.3 is 0 Å². The Hall–Kier alpha value is -1.72. The summed E-state index contributed by atoms with van der Waals surface area (Å²) in [6.45, 7) is 3.38. The maximum Gasteiger partial charge on any atom is 0.271 e. The first-order valence-electron chi connectivity index (χ1n) is 9.04. The number of nitrogens with zero attached hydrogens (tertiary/aromatic N) is 2. The standard InChI is InChI=1S/C21H24FN2O.BrH/c1-16-6-5-7-19(14-16)23-15-21(25,17-9-11-18(22)12-10-17)24-13-4-2-3-8-20(23)24;/h5-7,9-12,14,25H,2-4,8,13,15H2,1H3;1H/q+1;/p-1. The molecule has 0 saturated heterocycles. The van der Waals surface area contributed by atoms with Crippen molar-refractivity contribution in [1.29, 1.82) is 0 Å². The lowest BCUT2D eigenvalue weighted by Gasteiger charge is -2.23. The van der Waals surface area contributed by atoms with Gasteiger partial charge in [0.25, 0.3) is 11.6 Å². The molecule has 2 aliphatic rings. The molecule has 0 aromatic heterocycles. The molecule has 1 atom stereocenters. The van der Waals surface area contributed by atoms with Crippen molar-refractivity contribution in [3.63, 3.8) is 0 Å². The van der Waals surface area contributed by atoms with Crippen LogP contribution in [0.4, 0.5) is 10.1 Å². The van der Waals surface area contributed by atoms with Gasteiger partial charge in [0.2, 0.25) is 0 Å². The molecule has 2 aromatic rings. The van der Waals surface area contributed by atoms with Gasteiger partial charge < -0.3 is 22.1 Å². The van der Waals surface area contributed by atoms with Crippen molar-refractivity contribution in [3.8, 4) is 0 Å². The third kappa shape index (κ3) is 3.30. The van der Waals surface area contributed by atoms with E-state index in [1.807, 2.05) is 0 Å². The van der Waals surface area contributed by atoms with E-state index in [1.165, 1.54) is 30.0 Å². The number of rotatable bonds is 2. The number of hydrogen-bond acceptors (Lipinski definition) is 2. The Morgan fingerprint density at radius 2 is 1.85 bits per heavy atom. The van der Waals surface area contributed by atoms with Crippen LogP contribution in [0.25, 0.3) is 0 Å². The van der Waals surface area contributed by atoms with Crippen LogP contribution in [0, 0.1) is 12.7 Å². The van der Waals surface area contributed by atoms with Crippen LogP contribution in [0.15, 0.2) is 48.5 Å². The van der Waals surface area contributed by atoms with Gasteiger partial charge in [-0.25, -0.2) is 13.9 Å². The maximum atomic E-state index is 13.4. The highest BCUT2D eigenvalue weighted by molar-refractivity contribution is 5.96. The summed E-state index contributed by atoms with van der Waals surface area (Å²) in [4.78, 5) is 2.24. The zero-order valence-electron chi connectivity index (χ0n) is 15.0. The number of aryl methyl sites for hydroxylation is 1. The Balaban J connectivity index is 0.00000196. The highest BCUT2D eigenvalue weighted by atomic mass is 79.9. The van der Waals surface area contributed by atoms with Gasteiger partial charge in [0.05, 0.1) is 6.54 Å². The molecule has 2 aliphatic heterocycles. The highest BCUT2D eigenvalue weighted by Gasteiger charge is 2.51. The van der Waals surface area contributed by atoms with Gasteiger partial charge in [-0.3, -0.25) is 0 Å². The SMILES string of the molecule is Cc1cccc(N2CC(O)(c3ccc(F)cc3)[N+]3=C2CCCCC3)c1.[Br-]. The van der Waals surface area contributed by atoms with E-state index >= 15 is 0 Å². The largest absolute Gasteiger partial charge is 1.00 e. The van der Waals surface area contributed by atoms with Crippen molar-refractivity contribution in [2.24, 2.45) is 0 Å². The summed E-state index contributed by atoms with van der Waals surface area (Å²) in [5.41, 5.74) is 1.95. The molecule has 0 bridgehead atoms. The van der Waals surface area contributed by atoms with Gasteiger partial charge in [-0.15, -0.1) is 0 Å².